The second-order valence-electron chi connectivity index (χ2n) is 4.51. The number of carboxylic acid groups (broad SMARTS) is 1. The minimum atomic E-state index is -1.83. The molecule has 15 heavy (non-hydrogen) atoms. The molecule has 0 aromatic heterocycles. The molecular weight excluding hydrogens is 192 g/mol. The summed E-state index contributed by atoms with van der Waals surface area (Å²) in [7, 11) is 0. The van der Waals surface area contributed by atoms with Crippen molar-refractivity contribution < 1.29 is 15.0 Å². The van der Waals surface area contributed by atoms with E-state index in [1.54, 1.807) is 18.2 Å². The van der Waals surface area contributed by atoms with Gasteiger partial charge in [-0.2, -0.15) is 0 Å². The molecule has 3 nitrogen and oxygen atoms in total. The van der Waals surface area contributed by atoms with E-state index in [0.29, 0.717) is 5.57 Å². The normalized spacial score (nSPS) is 22.8. The van der Waals surface area contributed by atoms with Gasteiger partial charge in [0.25, 0.3) is 0 Å². The fourth-order valence-corrected chi connectivity index (χ4v) is 1.26. The van der Waals surface area contributed by atoms with Gasteiger partial charge in [-0.05, 0) is 12.5 Å². The molecule has 0 aromatic carbocycles. The Bertz CT molecular complexity index is 357. The number of rotatable bonds is 2. The quantitative estimate of drug-likeness (QED) is 0.728. The highest BCUT2D eigenvalue weighted by atomic mass is 16.4. The van der Waals surface area contributed by atoms with Gasteiger partial charge in [0.2, 0.25) is 0 Å². The molecule has 3 heteroatoms. The molecule has 0 bridgehead atoms. The van der Waals surface area contributed by atoms with Crippen molar-refractivity contribution in [2.75, 3.05) is 0 Å². The van der Waals surface area contributed by atoms with E-state index in [1.807, 2.05) is 26.0 Å². The van der Waals surface area contributed by atoms with E-state index in [1.165, 1.54) is 6.92 Å². The predicted molar refractivity (Wildman–Crippen MR) is 58.4 cm³/mol. The van der Waals surface area contributed by atoms with E-state index in [0.717, 1.165) is 0 Å². The van der Waals surface area contributed by atoms with Crippen LogP contribution in [0, 0.1) is 5.41 Å². The van der Waals surface area contributed by atoms with Crippen LogP contribution in [-0.4, -0.2) is 21.8 Å². The van der Waals surface area contributed by atoms with Gasteiger partial charge in [0.05, 0.1) is 0 Å². The van der Waals surface area contributed by atoms with Crippen LogP contribution in [0.15, 0.2) is 36.0 Å². The average molecular weight is 208 g/mol. The van der Waals surface area contributed by atoms with Crippen molar-refractivity contribution in [2.24, 2.45) is 5.41 Å². The Balaban J connectivity index is 3.06. The van der Waals surface area contributed by atoms with Gasteiger partial charge in [0, 0.05) is 5.41 Å². The molecule has 1 rings (SSSR count). The van der Waals surface area contributed by atoms with Gasteiger partial charge in [0.1, 0.15) is 0 Å². The summed E-state index contributed by atoms with van der Waals surface area (Å²) in [6.07, 6.45) is 8.88. The molecule has 1 atom stereocenters. The molecule has 1 aliphatic carbocycles. The van der Waals surface area contributed by atoms with Gasteiger partial charge in [-0.25, -0.2) is 4.79 Å². The number of carbonyl (C=O) groups is 1. The number of carboxylic acids is 1. The van der Waals surface area contributed by atoms with Crippen LogP contribution in [0.5, 0.6) is 0 Å². The number of aliphatic carboxylic acids is 1. The van der Waals surface area contributed by atoms with Crippen LogP contribution in [0.2, 0.25) is 0 Å². The summed E-state index contributed by atoms with van der Waals surface area (Å²) in [5, 5.41) is 18.6. The zero-order valence-corrected chi connectivity index (χ0v) is 9.19. The molecule has 0 fully saturated rings. The average Bonchev–Trinajstić information content (AvgIpc) is 2.26. The van der Waals surface area contributed by atoms with Crippen LogP contribution >= 0.6 is 0 Å². The monoisotopic (exact) mass is 208 g/mol. The molecular formula is C12H16O3. The molecule has 1 aliphatic rings. The number of allylic oxidation sites excluding steroid dienone is 4. The third-order valence-electron chi connectivity index (χ3n) is 2.47. The molecule has 0 aromatic rings. The van der Waals surface area contributed by atoms with E-state index in [9.17, 15) is 9.90 Å². The van der Waals surface area contributed by atoms with Gasteiger partial charge in [-0.3, -0.25) is 0 Å². The molecule has 0 radical (unpaired) electrons. The van der Waals surface area contributed by atoms with Gasteiger partial charge >= 0.3 is 5.97 Å². The topological polar surface area (TPSA) is 57.5 Å². The maximum atomic E-state index is 10.8. The van der Waals surface area contributed by atoms with Crippen LogP contribution in [-0.2, 0) is 4.79 Å². The molecule has 1 unspecified atom stereocenters. The summed E-state index contributed by atoms with van der Waals surface area (Å²) in [6, 6.07) is 0. The Hall–Kier alpha value is -1.35. The van der Waals surface area contributed by atoms with Crippen LogP contribution in [0.25, 0.3) is 0 Å². The lowest BCUT2D eigenvalue weighted by Gasteiger charge is -2.19. The fourth-order valence-electron chi connectivity index (χ4n) is 1.26. The minimum Gasteiger partial charge on any atom is -0.479 e. The van der Waals surface area contributed by atoms with Gasteiger partial charge in [-0.1, -0.05) is 44.2 Å². The zero-order chi connectivity index (χ0) is 11.7. The van der Waals surface area contributed by atoms with Crippen molar-refractivity contribution in [2.45, 2.75) is 26.4 Å². The van der Waals surface area contributed by atoms with Crippen molar-refractivity contribution in [1.29, 1.82) is 0 Å². The lowest BCUT2D eigenvalue weighted by atomic mass is 9.91. The maximum absolute atomic E-state index is 10.8. The first-order valence-corrected chi connectivity index (χ1v) is 4.81. The third kappa shape index (κ3) is 2.57. The minimum absolute atomic E-state index is 0.118. The Morgan fingerprint density at radius 1 is 1.40 bits per heavy atom. The van der Waals surface area contributed by atoms with Crippen molar-refractivity contribution in [1.82, 2.24) is 0 Å². The lowest BCUT2D eigenvalue weighted by molar-refractivity contribution is -0.152. The highest BCUT2D eigenvalue weighted by molar-refractivity contribution is 5.82. The SMILES string of the molecule is CC1(C)C=CC=C(C(C)(O)C(=O)O)C=C1. The van der Waals surface area contributed by atoms with Gasteiger partial charge < -0.3 is 10.2 Å². The van der Waals surface area contributed by atoms with Crippen LogP contribution in [0.3, 0.4) is 0 Å². The first-order chi connectivity index (χ1) is 6.76. The largest absolute Gasteiger partial charge is 0.479 e. The van der Waals surface area contributed by atoms with Crippen molar-refractivity contribution in [3.8, 4) is 0 Å². The van der Waals surface area contributed by atoms with E-state index in [2.05, 4.69) is 0 Å². The number of aliphatic hydroxyl groups is 1. The first-order valence-electron chi connectivity index (χ1n) is 4.81. The first kappa shape index (κ1) is 11.7. The summed E-state index contributed by atoms with van der Waals surface area (Å²) >= 11 is 0. The summed E-state index contributed by atoms with van der Waals surface area (Å²) in [5.41, 5.74) is -1.56. The Kier molecular flexibility index (Phi) is 2.86. The van der Waals surface area contributed by atoms with Gasteiger partial charge in [0.15, 0.2) is 5.60 Å². The van der Waals surface area contributed by atoms with Crippen molar-refractivity contribution in [3.05, 3.63) is 36.0 Å². The summed E-state index contributed by atoms with van der Waals surface area (Å²) in [6.45, 7) is 5.29. The molecule has 2 N–H and O–H groups in total. The van der Waals surface area contributed by atoms with E-state index < -0.39 is 11.6 Å². The fraction of sp³-hybridized carbons (Fsp3) is 0.417. The summed E-state index contributed by atoms with van der Waals surface area (Å²) in [5.74, 6) is -1.24. The molecule has 0 saturated heterocycles. The predicted octanol–water partition coefficient (Wildman–Crippen LogP) is 1.90. The Morgan fingerprint density at radius 3 is 2.53 bits per heavy atom. The zero-order valence-electron chi connectivity index (χ0n) is 9.19. The van der Waals surface area contributed by atoms with Crippen LogP contribution < -0.4 is 0 Å². The molecule has 0 spiro atoms. The standard InChI is InChI=1S/C12H16O3/c1-11(2)7-4-5-9(6-8-11)12(3,15)10(13)14/h4-8,15H,1-3H3,(H,13,14). The highest BCUT2D eigenvalue weighted by Crippen LogP contribution is 2.27. The molecule has 0 heterocycles. The van der Waals surface area contributed by atoms with Gasteiger partial charge in [-0.15, -0.1) is 0 Å². The Morgan fingerprint density at radius 2 is 2.00 bits per heavy atom. The van der Waals surface area contributed by atoms with Crippen LogP contribution in [0.1, 0.15) is 20.8 Å². The summed E-state index contributed by atoms with van der Waals surface area (Å²) in [4.78, 5) is 10.8. The highest BCUT2D eigenvalue weighted by Gasteiger charge is 2.33. The Labute approximate surface area is 89.4 Å². The van der Waals surface area contributed by atoms with Crippen LogP contribution in [0.4, 0.5) is 0 Å². The molecule has 0 saturated carbocycles. The second kappa shape index (κ2) is 3.66. The smallest absolute Gasteiger partial charge is 0.340 e. The lowest BCUT2D eigenvalue weighted by Crippen LogP contribution is -2.36. The summed E-state index contributed by atoms with van der Waals surface area (Å²) < 4.78 is 0. The number of hydrogen-bond donors (Lipinski definition) is 2. The molecule has 0 aliphatic heterocycles. The number of hydrogen-bond acceptors (Lipinski definition) is 2. The van der Waals surface area contributed by atoms with E-state index in [-0.39, 0.29) is 5.41 Å². The van der Waals surface area contributed by atoms with E-state index in [4.69, 9.17) is 5.11 Å². The van der Waals surface area contributed by atoms with E-state index >= 15 is 0 Å². The maximum Gasteiger partial charge on any atom is 0.340 e. The van der Waals surface area contributed by atoms with Crippen molar-refractivity contribution >= 4 is 5.97 Å². The molecule has 0 amide bonds. The third-order valence-corrected chi connectivity index (χ3v) is 2.47. The van der Waals surface area contributed by atoms with Crippen molar-refractivity contribution in [3.63, 3.8) is 0 Å². The molecule has 82 valence electrons. The second-order valence-corrected chi connectivity index (χ2v) is 4.51.